The van der Waals surface area contributed by atoms with Gasteiger partial charge in [-0.25, -0.2) is 9.78 Å². The normalized spacial score (nSPS) is 14.3. The molecule has 6 heteroatoms. The predicted octanol–water partition coefficient (Wildman–Crippen LogP) is 3.71. The number of amides is 1. The molecule has 26 heavy (non-hydrogen) atoms. The Kier molecular flexibility index (Phi) is 3.90. The summed E-state index contributed by atoms with van der Waals surface area (Å²) in [5, 5.41) is 1.14. The Morgan fingerprint density at radius 1 is 1.19 bits per heavy atom. The number of nitrogens with zero attached hydrogens (tertiary/aromatic N) is 4. The first-order valence-electron chi connectivity index (χ1n) is 8.79. The van der Waals surface area contributed by atoms with E-state index in [9.17, 15) is 4.79 Å². The summed E-state index contributed by atoms with van der Waals surface area (Å²) in [7, 11) is 0. The van der Waals surface area contributed by atoms with Gasteiger partial charge in [-0.05, 0) is 26.8 Å². The molecule has 0 aliphatic carbocycles. The van der Waals surface area contributed by atoms with Crippen LogP contribution >= 0.6 is 0 Å². The number of aromatic nitrogens is 3. The molecule has 0 spiro atoms. The van der Waals surface area contributed by atoms with Gasteiger partial charge in [-0.2, -0.15) is 0 Å². The fourth-order valence-electron chi connectivity index (χ4n) is 3.46. The number of carbonyl (C=O) groups is 1. The minimum absolute atomic E-state index is 0.264. The number of hydrogen-bond donors (Lipinski definition) is 0. The average molecular weight is 350 g/mol. The monoisotopic (exact) mass is 350 g/mol. The lowest BCUT2D eigenvalue weighted by atomic mass is 10.0. The van der Waals surface area contributed by atoms with Gasteiger partial charge in [0, 0.05) is 42.0 Å². The number of hydrogen-bond acceptors (Lipinski definition) is 4. The number of fused-ring (bicyclic) bond motifs is 3. The van der Waals surface area contributed by atoms with Crippen LogP contribution in [0.1, 0.15) is 32.0 Å². The third-order valence-corrected chi connectivity index (χ3v) is 4.49. The van der Waals surface area contributed by atoms with Crippen molar-refractivity contribution in [2.24, 2.45) is 0 Å². The van der Waals surface area contributed by atoms with Crippen molar-refractivity contribution in [2.75, 3.05) is 6.54 Å². The maximum absolute atomic E-state index is 12.5. The van der Waals surface area contributed by atoms with Crippen LogP contribution in [0.4, 0.5) is 4.79 Å². The van der Waals surface area contributed by atoms with Crippen molar-refractivity contribution in [3.8, 4) is 5.82 Å². The summed E-state index contributed by atoms with van der Waals surface area (Å²) < 4.78 is 7.71. The van der Waals surface area contributed by atoms with Crippen LogP contribution in [0.5, 0.6) is 0 Å². The standard InChI is InChI=1S/C20H22N4O2/c1-20(2,3)26-19(25)23-11-8-17-15(13-23)14-6-4-5-7-16(14)24(17)18-12-21-9-10-22-18/h4-7,9-10,12H,8,11,13H2,1-3H3. The molecule has 6 nitrogen and oxygen atoms in total. The van der Waals surface area contributed by atoms with Crippen LogP contribution in [0.3, 0.4) is 0 Å². The smallest absolute Gasteiger partial charge is 0.410 e. The first-order valence-corrected chi connectivity index (χ1v) is 8.79. The van der Waals surface area contributed by atoms with Crippen molar-refractivity contribution in [3.63, 3.8) is 0 Å². The summed E-state index contributed by atoms with van der Waals surface area (Å²) in [6.07, 6.45) is 5.63. The van der Waals surface area contributed by atoms with Gasteiger partial charge >= 0.3 is 6.09 Å². The molecule has 0 unspecified atom stereocenters. The summed E-state index contributed by atoms with van der Waals surface area (Å²) in [6, 6.07) is 8.22. The first kappa shape index (κ1) is 16.6. The molecule has 0 N–H and O–H groups in total. The van der Waals surface area contributed by atoms with Crippen LogP contribution in [0.2, 0.25) is 0 Å². The summed E-state index contributed by atoms with van der Waals surface area (Å²) in [6.45, 7) is 6.83. The third-order valence-electron chi connectivity index (χ3n) is 4.49. The maximum Gasteiger partial charge on any atom is 0.410 e. The largest absolute Gasteiger partial charge is 0.444 e. The van der Waals surface area contributed by atoms with E-state index in [0.29, 0.717) is 13.1 Å². The molecular weight excluding hydrogens is 328 g/mol. The Morgan fingerprint density at radius 3 is 2.73 bits per heavy atom. The molecule has 0 bridgehead atoms. The van der Waals surface area contributed by atoms with Crippen LogP contribution in [0, 0.1) is 0 Å². The SMILES string of the molecule is CC(C)(C)OC(=O)N1CCc2c(c3ccccc3n2-c2cnccn2)C1. The number of rotatable bonds is 1. The topological polar surface area (TPSA) is 60.2 Å². The number of carbonyl (C=O) groups excluding carboxylic acids is 1. The third kappa shape index (κ3) is 2.92. The van der Waals surface area contributed by atoms with Gasteiger partial charge in [-0.1, -0.05) is 18.2 Å². The van der Waals surface area contributed by atoms with Crippen LogP contribution in [-0.4, -0.2) is 37.7 Å². The highest BCUT2D eigenvalue weighted by Gasteiger charge is 2.29. The molecule has 1 amide bonds. The van der Waals surface area contributed by atoms with Gasteiger partial charge in [0.05, 0.1) is 18.3 Å². The quantitative estimate of drug-likeness (QED) is 0.671. The minimum Gasteiger partial charge on any atom is -0.444 e. The lowest BCUT2D eigenvalue weighted by Crippen LogP contribution is -2.40. The molecular formula is C20H22N4O2. The molecule has 1 aliphatic rings. The van der Waals surface area contributed by atoms with E-state index in [1.807, 2.05) is 32.9 Å². The van der Waals surface area contributed by atoms with E-state index < -0.39 is 5.60 Å². The molecule has 0 saturated heterocycles. The van der Waals surface area contributed by atoms with Crippen molar-refractivity contribution in [3.05, 3.63) is 54.1 Å². The average Bonchev–Trinajstić information content (AvgIpc) is 2.95. The number of para-hydroxylation sites is 1. The van der Waals surface area contributed by atoms with E-state index in [-0.39, 0.29) is 6.09 Å². The molecule has 4 rings (SSSR count). The van der Waals surface area contributed by atoms with Crippen LogP contribution in [-0.2, 0) is 17.7 Å². The molecule has 0 radical (unpaired) electrons. The fourth-order valence-corrected chi connectivity index (χ4v) is 3.46. The van der Waals surface area contributed by atoms with Crippen LogP contribution in [0.25, 0.3) is 16.7 Å². The summed E-state index contributed by atoms with van der Waals surface area (Å²) in [5.74, 6) is 0.802. The van der Waals surface area contributed by atoms with Crippen LogP contribution < -0.4 is 0 Å². The lowest BCUT2D eigenvalue weighted by Gasteiger charge is -2.30. The molecule has 3 heterocycles. The van der Waals surface area contributed by atoms with Crippen molar-refractivity contribution in [1.29, 1.82) is 0 Å². The Morgan fingerprint density at radius 2 is 2.00 bits per heavy atom. The van der Waals surface area contributed by atoms with E-state index >= 15 is 0 Å². The second-order valence-corrected chi connectivity index (χ2v) is 7.49. The van der Waals surface area contributed by atoms with Crippen LogP contribution in [0.15, 0.2) is 42.9 Å². The van der Waals surface area contributed by atoms with Crippen molar-refractivity contribution in [2.45, 2.75) is 39.3 Å². The minimum atomic E-state index is -0.495. The van der Waals surface area contributed by atoms with Gasteiger partial charge in [0.15, 0.2) is 5.82 Å². The van der Waals surface area contributed by atoms with E-state index in [1.165, 1.54) is 5.69 Å². The molecule has 1 aliphatic heterocycles. The zero-order chi connectivity index (χ0) is 18.3. The summed E-state index contributed by atoms with van der Waals surface area (Å²) in [4.78, 5) is 23.0. The van der Waals surface area contributed by atoms with Gasteiger partial charge < -0.3 is 9.64 Å². The van der Waals surface area contributed by atoms with Gasteiger partial charge in [0.2, 0.25) is 0 Å². The summed E-state index contributed by atoms with van der Waals surface area (Å²) in [5.41, 5.74) is 2.93. The molecule has 2 aromatic heterocycles. The molecule has 1 aromatic carbocycles. The van der Waals surface area contributed by atoms with E-state index in [0.717, 1.165) is 28.7 Å². The molecule has 0 atom stereocenters. The van der Waals surface area contributed by atoms with Crippen molar-refractivity contribution in [1.82, 2.24) is 19.4 Å². The Bertz CT molecular complexity index is 957. The van der Waals surface area contributed by atoms with E-state index in [2.05, 4.69) is 26.7 Å². The highest BCUT2D eigenvalue weighted by atomic mass is 16.6. The molecule has 0 fully saturated rings. The van der Waals surface area contributed by atoms with Gasteiger partial charge in [0.1, 0.15) is 5.60 Å². The zero-order valence-electron chi connectivity index (χ0n) is 15.3. The molecule has 3 aromatic rings. The predicted molar refractivity (Wildman–Crippen MR) is 99.2 cm³/mol. The number of ether oxygens (including phenoxy) is 1. The second kappa shape index (κ2) is 6.12. The van der Waals surface area contributed by atoms with E-state index in [1.54, 1.807) is 23.5 Å². The molecule has 0 saturated carbocycles. The van der Waals surface area contributed by atoms with Gasteiger partial charge in [0.25, 0.3) is 0 Å². The Balaban J connectivity index is 1.77. The van der Waals surface area contributed by atoms with Gasteiger partial charge in [-0.3, -0.25) is 9.55 Å². The second-order valence-electron chi connectivity index (χ2n) is 7.49. The van der Waals surface area contributed by atoms with Crippen molar-refractivity contribution < 1.29 is 9.53 Å². The van der Waals surface area contributed by atoms with E-state index in [4.69, 9.17) is 4.74 Å². The lowest BCUT2D eigenvalue weighted by molar-refractivity contribution is 0.0224. The van der Waals surface area contributed by atoms with Crippen molar-refractivity contribution >= 4 is 17.0 Å². The fraction of sp³-hybridized carbons (Fsp3) is 0.350. The summed E-state index contributed by atoms with van der Waals surface area (Å²) >= 11 is 0. The molecule has 134 valence electrons. The highest BCUT2D eigenvalue weighted by Crippen LogP contribution is 2.33. The maximum atomic E-state index is 12.5. The Labute approximate surface area is 152 Å². The van der Waals surface area contributed by atoms with Gasteiger partial charge in [-0.15, -0.1) is 0 Å². The zero-order valence-corrected chi connectivity index (χ0v) is 15.3. The highest BCUT2D eigenvalue weighted by molar-refractivity contribution is 5.87. The Hall–Kier alpha value is -2.89. The number of benzene rings is 1. The first-order chi connectivity index (χ1) is 12.4.